The Morgan fingerprint density at radius 3 is 2.57 bits per heavy atom. The Balaban J connectivity index is 1.94. The molecule has 23 heavy (non-hydrogen) atoms. The fourth-order valence-electron chi connectivity index (χ4n) is 2.31. The second kappa shape index (κ2) is 7.58. The van der Waals surface area contributed by atoms with Gasteiger partial charge in [0.1, 0.15) is 11.6 Å². The first kappa shape index (κ1) is 16.7. The van der Waals surface area contributed by atoms with E-state index >= 15 is 0 Å². The molecule has 0 fully saturated rings. The SMILES string of the molecule is CCOc1ccc(NC(=O)CCc2c(C)nc(C)[nH]c2=O)cc1. The highest BCUT2D eigenvalue weighted by Crippen LogP contribution is 2.16. The van der Waals surface area contributed by atoms with Gasteiger partial charge < -0.3 is 15.0 Å². The van der Waals surface area contributed by atoms with Gasteiger partial charge in [0, 0.05) is 23.4 Å². The molecule has 1 heterocycles. The van der Waals surface area contributed by atoms with Gasteiger partial charge in [-0.1, -0.05) is 0 Å². The van der Waals surface area contributed by atoms with Crippen LogP contribution in [0, 0.1) is 13.8 Å². The van der Waals surface area contributed by atoms with Crippen LogP contribution < -0.4 is 15.6 Å². The lowest BCUT2D eigenvalue weighted by molar-refractivity contribution is -0.116. The molecule has 0 unspecified atom stereocenters. The zero-order valence-electron chi connectivity index (χ0n) is 13.6. The molecule has 1 aromatic heterocycles. The van der Waals surface area contributed by atoms with Gasteiger partial charge in [-0.3, -0.25) is 9.59 Å². The van der Waals surface area contributed by atoms with Crippen molar-refractivity contribution in [3.63, 3.8) is 0 Å². The van der Waals surface area contributed by atoms with Gasteiger partial charge in [-0.2, -0.15) is 0 Å². The molecule has 122 valence electrons. The third-order valence-electron chi connectivity index (χ3n) is 3.39. The van der Waals surface area contributed by atoms with Crippen molar-refractivity contribution < 1.29 is 9.53 Å². The van der Waals surface area contributed by atoms with Crippen molar-refractivity contribution in [1.29, 1.82) is 0 Å². The highest BCUT2D eigenvalue weighted by Gasteiger charge is 2.10. The van der Waals surface area contributed by atoms with Crippen LogP contribution in [0.3, 0.4) is 0 Å². The average molecular weight is 315 g/mol. The molecular weight excluding hydrogens is 294 g/mol. The fourth-order valence-corrected chi connectivity index (χ4v) is 2.31. The predicted molar refractivity (Wildman–Crippen MR) is 88.9 cm³/mol. The number of carbonyl (C=O) groups excluding carboxylic acids is 1. The molecule has 1 aromatic carbocycles. The first-order valence-corrected chi connectivity index (χ1v) is 7.58. The lowest BCUT2D eigenvalue weighted by Gasteiger charge is -2.08. The minimum absolute atomic E-state index is 0.145. The summed E-state index contributed by atoms with van der Waals surface area (Å²) in [5, 5.41) is 2.80. The molecule has 0 radical (unpaired) electrons. The van der Waals surface area contributed by atoms with Gasteiger partial charge in [0.2, 0.25) is 5.91 Å². The molecule has 6 heteroatoms. The summed E-state index contributed by atoms with van der Waals surface area (Å²) in [7, 11) is 0. The van der Waals surface area contributed by atoms with E-state index in [0.29, 0.717) is 35.8 Å². The Hall–Kier alpha value is -2.63. The monoisotopic (exact) mass is 315 g/mol. The maximum Gasteiger partial charge on any atom is 0.254 e. The van der Waals surface area contributed by atoms with Crippen molar-refractivity contribution in [2.24, 2.45) is 0 Å². The molecule has 6 nitrogen and oxygen atoms in total. The largest absolute Gasteiger partial charge is 0.494 e. The molecule has 0 atom stereocenters. The number of hydrogen-bond donors (Lipinski definition) is 2. The number of hydrogen-bond acceptors (Lipinski definition) is 4. The number of benzene rings is 1. The smallest absolute Gasteiger partial charge is 0.254 e. The number of aryl methyl sites for hydroxylation is 2. The molecule has 0 aliphatic heterocycles. The minimum atomic E-state index is -0.177. The molecule has 2 rings (SSSR count). The Bertz CT molecular complexity index is 736. The number of amides is 1. The zero-order valence-corrected chi connectivity index (χ0v) is 13.6. The summed E-state index contributed by atoms with van der Waals surface area (Å²) >= 11 is 0. The zero-order chi connectivity index (χ0) is 16.8. The average Bonchev–Trinajstić information content (AvgIpc) is 2.48. The van der Waals surface area contributed by atoms with E-state index in [1.165, 1.54) is 0 Å². The maximum atomic E-state index is 12.0. The number of aromatic nitrogens is 2. The number of anilines is 1. The van der Waals surface area contributed by atoms with Crippen LogP contribution in [0.4, 0.5) is 5.69 Å². The van der Waals surface area contributed by atoms with E-state index in [1.54, 1.807) is 38.1 Å². The van der Waals surface area contributed by atoms with Crippen molar-refractivity contribution in [2.45, 2.75) is 33.6 Å². The van der Waals surface area contributed by atoms with Gasteiger partial charge in [-0.25, -0.2) is 4.98 Å². The molecule has 0 aliphatic rings. The van der Waals surface area contributed by atoms with E-state index in [-0.39, 0.29) is 17.9 Å². The Labute approximate surface area is 134 Å². The Morgan fingerprint density at radius 2 is 1.96 bits per heavy atom. The van der Waals surface area contributed by atoms with Crippen LogP contribution in [0.25, 0.3) is 0 Å². The molecular formula is C17H21N3O3. The lowest BCUT2D eigenvalue weighted by atomic mass is 10.1. The normalized spacial score (nSPS) is 10.4. The summed E-state index contributed by atoms with van der Waals surface area (Å²) in [5.41, 5.74) is 1.74. The molecule has 0 saturated heterocycles. The molecule has 2 aromatic rings. The third-order valence-corrected chi connectivity index (χ3v) is 3.39. The maximum absolute atomic E-state index is 12.0. The van der Waals surface area contributed by atoms with Gasteiger partial charge in [0.25, 0.3) is 5.56 Å². The highest BCUT2D eigenvalue weighted by molar-refractivity contribution is 5.90. The van der Waals surface area contributed by atoms with Crippen molar-refractivity contribution in [3.05, 3.63) is 51.7 Å². The van der Waals surface area contributed by atoms with Gasteiger partial charge in [0.15, 0.2) is 0 Å². The number of H-pyrrole nitrogens is 1. The quantitative estimate of drug-likeness (QED) is 0.857. The number of carbonyl (C=O) groups is 1. The van der Waals surface area contributed by atoms with Crippen LogP contribution in [0.5, 0.6) is 5.75 Å². The van der Waals surface area contributed by atoms with Crippen molar-refractivity contribution in [3.8, 4) is 5.75 Å². The van der Waals surface area contributed by atoms with Gasteiger partial charge in [0.05, 0.1) is 6.61 Å². The second-order valence-corrected chi connectivity index (χ2v) is 5.22. The lowest BCUT2D eigenvalue weighted by Crippen LogP contribution is -2.20. The summed E-state index contributed by atoms with van der Waals surface area (Å²) in [6.45, 7) is 6.03. The summed E-state index contributed by atoms with van der Waals surface area (Å²) < 4.78 is 5.35. The predicted octanol–water partition coefficient (Wildman–Crippen LogP) is 2.36. The number of ether oxygens (including phenoxy) is 1. The van der Waals surface area contributed by atoms with Crippen LogP contribution in [-0.4, -0.2) is 22.5 Å². The standard InChI is InChI=1S/C17H21N3O3/c1-4-23-14-7-5-13(6-8-14)20-16(21)10-9-15-11(2)18-12(3)19-17(15)22/h5-8H,4,9-10H2,1-3H3,(H,20,21)(H,18,19,22). The fraction of sp³-hybridized carbons (Fsp3) is 0.353. The minimum Gasteiger partial charge on any atom is -0.494 e. The van der Waals surface area contributed by atoms with E-state index < -0.39 is 0 Å². The molecule has 0 spiro atoms. The van der Waals surface area contributed by atoms with Crippen molar-refractivity contribution in [1.82, 2.24) is 9.97 Å². The highest BCUT2D eigenvalue weighted by atomic mass is 16.5. The second-order valence-electron chi connectivity index (χ2n) is 5.22. The number of aromatic amines is 1. The summed E-state index contributed by atoms with van der Waals surface area (Å²) in [6, 6.07) is 7.18. The molecule has 2 N–H and O–H groups in total. The first-order valence-electron chi connectivity index (χ1n) is 7.58. The van der Waals surface area contributed by atoms with E-state index in [2.05, 4.69) is 15.3 Å². The third kappa shape index (κ3) is 4.67. The molecule has 0 saturated carbocycles. The topological polar surface area (TPSA) is 84.1 Å². The van der Waals surface area contributed by atoms with E-state index in [1.807, 2.05) is 6.92 Å². The Morgan fingerprint density at radius 1 is 1.26 bits per heavy atom. The van der Waals surface area contributed by atoms with Crippen LogP contribution in [-0.2, 0) is 11.2 Å². The number of nitrogens with zero attached hydrogens (tertiary/aromatic N) is 1. The van der Waals surface area contributed by atoms with Crippen molar-refractivity contribution in [2.75, 3.05) is 11.9 Å². The van der Waals surface area contributed by atoms with Crippen LogP contribution in [0.1, 0.15) is 30.4 Å². The van der Waals surface area contributed by atoms with E-state index in [4.69, 9.17) is 4.74 Å². The molecule has 0 bridgehead atoms. The van der Waals surface area contributed by atoms with E-state index in [9.17, 15) is 9.59 Å². The number of rotatable bonds is 6. The van der Waals surface area contributed by atoms with Gasteiger partial charge in [-0.15, -0.1) is 0 Å². The molecule has 0 aliphatic carbocycles. The van der Waals surface area contributed by atoms with Crippen LogP contribution >= 0.6 is 0 Å². The van der Waals surface area contributed by atoms with Crippen LogP contribution in [0.15, 0.2) is 29.1 Å². The number of nitrogens with one attached hydrogen (secondary N) is 2. The van der Waals surface area contributed by atoms with Crippen molar-refractivity contribution >= 4 is 11.6 Å². The van der Waals surface area contributed by atoms with Crippen LogP contribution in [0.2, 0.25) is 0 Å². The summed E-state index contributed by atoms with van der Waals surface area (Å²) in [6.07, 6.45) is 0.583. The summed E-state index contributed by atoms with van der Waals surface area (Å²) in [4.78, 5) is 30.8. The molecule has 1 amide bonds. The summed E-state index contributed by atoms with van der Waals surface area (Å²) in [5.74, 6) is 1.20. The van der Waals surface area contributed by atoms with Gasteiger partial charge in [-0.05, 0) is 51.5 Å². The van der Waals surface area contributed by atoms with E-state index in [0.717, 1.165) is 5.75 Å². The Kier molecular flexibility index (Phi) is 5.51. The first-order chi connectivity index (χ1) is 11.0. The van der Waals surface area contributed by atoms with Gasteiger partial charge >= 0.3 is 0 Å².